The molecule has 0 atom stereocenters. The van der Waals surface area contributed by atoms with E-state index >= 15 is 0 Å². The number of benzene rings is 2. The van der Waals surface area contributed by atoms with Crippen LogP contribution in [0.3, 0.4) is 0 Å². The molecule has 4 aromatic rings. The number of anilines is 1. The molecule has 170 valence electrons. The van der Waals surface area contributed by atoms with Crippen LogP contribution in [0.4, 0.5) is 5.69 Å². The number of aromatic nitrogens is 4. The Bertz CT molecular complexity index is 1260. The first kappa shape index (κ1) is 22.1. The summed E-state index contributed by atoms with van der Waals surface area (Å²) in [5.74, 6) is 2.18. The van der Waals surface area contributed by atoms with Crippen molar-refractivity contribution in [1.82, 2.24) is 20.0 Å². The highest BCUT2D eigenvalue weighted by Gasteiger charge is 2.20. The summed E-state index contributed by atoms with van der Waals surface area (Å²) in [6, 6.07) is 14.8. The molecule has 2 aromatic carbocycles. The van der Waals surface area contributed by atoms with Gasteiger partial charge in [0.25, 0.3) is 5.91 Å². The first-order chi connectivity index (χ1) is 16.0. The Morgan fingerprint density at radius 2 is 1.88 bits per heavy atom. The van der Waals surface area contributed by atoms with Gasteiger partial charge in [0.05, 0.1) is 31.6 Å². The number of aryl methyl sites for hydroxylation is 1. The van der Waals surface area contributed by atoms with Crippen molar-refractivity contribution in [2.45, 2.75) is 27.3 Å². The van der Waals surface area contributed by atoms with Crippen LogP contribution in [0.1, 0.15) is 34.6 Å². The highest BCUT2D eigenvalue weighted by molar-refractivity contribution is 6.04. The van der Waals surface area contributed by atoms with E-state index in [4.69, 9.17) is 13.9 Å². The summed E-state index contributed by atoms with van der Waals surface area (Å²) in [4.78, 5) is 17.4. The molecule has 1 N–H and O–H groups in total. The molecule has 2 heterocycles. The summed E-state index contributed by atoms with van der Waals surface area (Å²) < 4.78 is 18.3. The molecule has 0 aliphatic rings. The van der Waals surface area contributed by atoms with E-state index in [1.54, 1.807) is 30.8 Å². The normalized spacial score (nSPS) is 10.8. The summed E-state index contributed by atoms with van der Waals surface area (Å²) in [5, 5.41) is 11.0. The summed E-state index contributed by atoms with van der Waals surface area (Å²) in [7, 11) is 1.55. The summed E-state index contributed by atoms with van der Waals surface area (Å²) in [6.07, 6.45) is 0. The van der Waals surface area contributed by atoms with Crippen molar-refractivity contribution in [2.24, 2.45) is 0 Å². The second kappa shape index (κ2) is 9.56. The number of hydrogen-bond acceptors (Lipinski definition) is 7. The van der Waals surface area contributed by atoms with Gasteiger partial charge in [-0.3, -0.25) is 4.79 Å². The minimum absolute atomic E-state index is 0.230. The van der Waals surface area contributed by atoms with Crippen LogP contribution >= 0.6 is 0 Å². The molecule has 4 rings (SSSR count). The molecule has 33 heavy (non-hydrogen) atoms. The maximum absolute atomic E-state index is 12.8. The summed E-state index contributed by atoms with van der Waals surface area (Å²) in [5.41, 5.74) is 2.97. The van der Waals surface area contributed by atoms with Crippen LogP contribution in [0, 0.1) is 13.8 Å². The predicted octanol–water partition coefficient (Wildman–Crippen LogP) is 4.26. The van der Waals surface area contributed by atoms with Crippen LogP contribution in [0.15, 0.2) is 52.9 Å². The van der Waals surface area contributed by atoms with E-state index in [-0.39, 0.29) is 11.6 Å². The SMILES string of the molecule is CCOc1ccc(-c2nc(Cn3nnc(C(=O)Nc4ccccc4OC)c3C)c(C)o2)cc1. The van der Waals surface area contributed by atoms with E-state index in [9.17, 15) is 4.79 Å². The number of hydrogen-bond donors (Lipinski definition) is 1. The lowest BCUT2D eigenvalue weighted by molar-refractivity contribution is 0.102. The molecule has 0 saturated heterocycles. The first-order valence-corrected chi connectivity index (χ1v) is 10.5. The van der Waals surface area contributed by atoms with E-state index in [1.807, 2.05) is 50.2 Å². The Labute approximate surface area is 191 Å². The van der Waals surface area contributed by atoms with Crippen molar-refractivity contribution in [3.63, 3.8) is 0 Å². The zero-order valence-electron chi connectivity index (χ0n) is 19.0. The standard InChI is InChI=1S/C24H25N5O4/c1-5-32-18-12-10-17(11-13-18)24-26-20(16(3)33-24)14-29-15(2)22(27-28-29)23(30)25-19-8-6-7-9-21(19)31-4/h6-13H,5,14H2,1-4H3,(H,25,30). The van der Waals surface area contributed by atoms with Crippen LogP contribution in [-0.4, -0.2) is 39.6 Å². The van der Waals surface area contributed by atoms with Gasteiger partial charge in [-0.05, 0) is 57.2 Å². The van der Waals surface area contributed by atoms with Crippen LogP contribution in [0.5, 0.6) is 11.5 Å². The topological polar surface area (TPSA) is 104 Å². The van der Waals surface area contributed by atoms with Crippen molar-refractivity contribution < 1.29 is 18.7 Å². The van der Waals surface area contributed by atoms with Gasteiger partial charge in [-0.25, -0.2) is 9.67 Å². The van der Waals surface area contributed by atoms with Crippen molar-refractivity contribution in [3.05, 3.63) is 71.4 Å². The minimum atomic E-state index is -0.366. The van der Waals surface area contributed by atoms with Crippen LogP contribution in [0.2, 0.25) is 0 Å². The van der Waals surface area contributed by atoms with Gasteiger partial charge in [0.1, 0.15) is 23.0 Å². The van der Waals surface area contributed by atoms with Gasteiger partial charge in [0.15, 0.2) is 5.69 Å². The Balaban J connectivity index is 1.51. The number of methoxy groups -OCH3 is 1. The largest absolute Gasteiger partial charge is 0.495 e. The molecular formula is C24H25N5O4. The molecule has 0 aliphatic heterocycles. The zero-order chi connectivity index (χ0) is 23.4. The molecule has 0 aliphatic carbocycles. The molecule has 0 radical (unpaired) electrons. The molecule has 9 nitrogen and oxygen atoms in total. The van der Waals surface area contributed by atoms with Gasteiger partial charge in [-0.2, -0.15) is 0 Å². The summed E-state index contributed by atoms with van der Waals surface area (Å²) in [6.45, 7) is 6.52. The van der Waals surface area contributed by atoms with Gasteiger partial charge in [-0.1, -0.05) is 17.3 Å². The van der Waals surface area contributed by atoms with Gasteiger partial charge in [-0.15, -0.1) is 5.10 Å². The van der Waals surface area contributed by atoms with Crippen LogP contribution in [0.25, 0.3) is 11.5 Å². The molecule has 0 fully saturated rings. The molecular weight excluding hydrogens is 422 g/mol. The Morgan fingerprint density at radius 3 is 2.61 bits per heavy atom. The molecule has 0 unspecified atom stereocenters. The number of nitrogens with zero attached hydrogens (tertiary/aromatic N) is 4. The van der Waals surface area contributed by atoms with E-state index in [0.717, 1.165) is 11.3 Å². The van der Waals surface area contributed by atoms with E-state index in [1.165, 1.54) is 0 Å². The van der Waals surface area contributed by atoms with Gasteiger partial charge >= 0.3 is 0 Å². The number of rotatable bonds is 8. The molecule has 0 saturated carbocycles. The monoisotopic (exact) mass is 447 g/mol. The molecule has 9 heteroatoms. The number of oxazole rings is 1. The third-order valence-electron chi connectivity index (χ3n) is 5.16. The van der Waals surface area contributed by atoms with Crippen molar-refractivity contribution in [2.75, 3.05) is 19.0 Å². The predicted molar refractivity (Wildman–Crippen MR) is 123 cm³/mol. The fraction of sp³-hybridized carbons (Fsp3) is 0.250. The van der Waals surface area contributed by atoms with Crippen molar-refractivity contribution in [1.29, 1.82) is 0 Å². The number of ether oxygens (including phenoxy) is 2. The Kier molecular flexibility index (Phi) is 6.39. The lowest BCUT2D eigenvalue weighted by Crippen LogP contribution is -2.15. The average molecular weight is 447 g/mol. The smallest absolute Gasteiger partial charge is 0.278 e. The quantitative estimate of drug-likeness (QED) is 0.430. The van der Waals surface area contributed by atoms with E-state index in [2.05, 4.69) is 20.6 Å². The third-order valence-corrected chi connectivity index (χ3v) is 5.16. The highest BCUT2D eigenvalue weighted by atomic mass is 16.5. The van der Waals surface area contributed by atoms with Gasteiger partial charge < -0.3 is 19.2 Å². The van der Waals surface area contributed by atoms with Crippen molar-refractivity contribution >= 4 is 11.6 Å². The van der Waals surface area contributed by atoms with Crippen molar-refractivity contribution in [3.8, 4) is 23.0 Å². The lowest BCUT2D eigenvalue weighted by Gasteiger charge is -2.09. The maximum Gasteiger partial charge on any atom is 0.278 e. The van der Waals surface area contributed by atoms with E-state index < -0.39 is 0 Å². The number of nitrogens with one attached hydrogen (secondary N) is 1. The minimum Gasteiger partial charge on any atom is -0.495 e. The number of carbonyl (C=O) groups excluding carboxylic acids is 1. The number of para-hydroxylation sites is 2. The van der Waals surface area contributed by atoms with Crippen LogP contribution in [-0.2, 0) is 6.54 Å². The van der Waals surface area contributed by atoms with Gasteiger partial charge in [0, 0.05) is 5.56 Å². The molecule has 2 aromatic heterocycles. The second-order valence-electron chi connectivity index (χ2n) is 7.31. The number of carbonyl (C=O) groups is 1. The lowest BCUT2D eigenvalue weighted by atomic mass is 10.2. The molecule has 1 amide bonds. The molecule has 0 spiro atoms. The fourth-order valence-electron chi connectivity index (χ4n) is 3.35. The first-order valence-electron chi connectivity index (χ1n) is 10.5. The van der Waals surface area contributed by atoms with Crippen LogP contribution < -0.4 is 14.8 Å². The summed E-state index contributed by atoms with van der Waals surface area (Å²) >= 11 is 0. The second-order valence-corrected chi connectivity index (χ2v) is 7.31. The average Bonchev–Trinajstić information content (AvgIpc) is 3.37. The maximum atomic E-state index is 12.8. The zero-order valence-corrected chi connectivity index (χ0v) is 19.0. The Hall–Kier alpha value is -4.14. The van der Waals surface area contributed by atoms with Gasteiger partial charge in [0.2, 0.25) is 5.89 Å². The number of amides is 1. The van der Waals surface area contributed by atoms with E-state index in [0.29, 0.717) is 47.6 Å². The third kappa shape index (κ3) is 4.72. The molecule has 0 bridgehead atoms. The Morgan fingerprint density at radius 1 is 1.12 bits per heavy atom. The highest BCUT2D eigenvalue weighted by Crippen LogP contribution is 2.26. The fourth-order valence-corrected chi connectivity index (χ4v) is 3.35.